The lowest BCUT2D eigenvalue weighted by Gasteiger charge is -2.24. The van der Waals surface area contributed by atoms with Crippen LogP contribution in [0.15, 0.2) is 0 Å². The largest absolute Gasteiger partial charge is 0.390 e. The third-order valence-corrected chi connectivity index (χ3v) is 3.89. The van der Waals surface area contributed by atoms with Gasteiger partial charge in [-0.3, -0.25) is 4.68 Å². The molecule has 0 fully saturated rings. The molecule has 1 aromatic rings. The molecule has 0 aliphatic rings. The first-order valence-corrected chi connectivity index (χ1v) is 7.88. The van der Waals surface area contributed by atoms with E-state index in [1.165, 1.54) is 0 Å². The topological polar surface area (TPSA) is 50.1 Å². The second-order valence-electron chi connectivity index (χ2n) is 5.91. The summed E-state index contributed by atoms with van der Waals surface area (Å²) in [6, 6.07) is 0.433. The van der Waals surface area contributed by atoms with Crippen LogP contribution < -0.4 is 5.32 Å². The number of aromatic nitrogens is 2. The van der Waals surface area contributed by atoms with Gasteiger partial charge in [0.15, 0.2) is 0 Å². The summed E-state index contributed by atoms with van der Waals surface area (Å²) in [6.07, 6.45) is 2.04. The van der Waals surface area contributed by atoms with Crippen molar-refractivity contribution in [2.75, 3.05) is 6.54 Å². The van der Waals surface area contributed by atoms with E-state index in [0.29, 0.717) is 23.9 Å². The number of halogens is 1. The molecule has 0 amide bonds. The average molecular weight is 302 g/mol. The third-order valence-electron chi connectivity index (χ3n) is 3.46. The number of aliphatic hydroxyl groups is 1. The van der Waals surface area contributed by atoms with Crippen molar-refractivity contribution in [1.29, 1.82) is 0 Å². The molecule has 0 saturated carbocycles. The molecule has 0 aliphatic carbocycles. The highest BCUT2D eigenvalue weighted by Gasteiger charge is 2.25. The Labute approximate surface area is 127 Å². The normalized spacial score (nSPS) is 14.8. The van der Waals surface area contributed by atoms with Gasteiger partial charge in [-0.15, -0.1) is 0 Å². The van der Waals surface area contributed by atoms with Crippen molar-refractivity contribution in [3.05, 3.63) is 16.4 Å². The molecule has 116 valence electrons. The quantitative estimate of drug-likeness (QED) is 0.776. The maximum Gasteiger partial charge on any atom is 0.0850 e. The summed E-state index contributed by atoms with van der Waals surface area (Å²) in [5.74, 6) is 0. The molecule has 0 spiro atoms. The Morgan fingerprint density at radius 2 is 2.05 bits per heavy atom. The van der Waals surface area contributed by atoms with Crippen LogP contribution in [-0.2, 0) is 19.4 Å². The summed E-state index contributed by atoms with van der Waals surface area (Å²) < 4.78 is 1.91. The third kappa shape index (κ3) is 4.76. The average Bonchev–Trinajstić information content (AvgIpc) is 2.65. The van der Waals surface area contributed by atoms with Gasteiger partial charge in [0.1, 0.15) is 0 Å². The van der Waals surface area contributed by atoms with E-state index >= 15 is 0 Å². The Balaban J connectivity index is 2.77. The molecule has 1 heterocycles. The summed E-state index contributed by atoms with van der Waals surface area (Å²) in [7, 11) is 0. The van der Waals surface area contributed by atoms with Crippen LogP contribution in [0.3, 0.4) is 0 Å². The monoisotopic (exact) mass is 301 g/mol. The molecule has 0 aromatic carbocycles. The fourth-order valence-corrected chi connectivity index (χ4v) is 2.60. The summed E-state index contributed by atoms with van der Waals surface area (Å²) in [5, 5.41) is 19.1. The molecular formula is C15H28ClN3O. The van der Waals surface area contributed by atoms with E-state index in [1.54, 1.807) is 0 Å². The zero-order chi connectivity index (χ0) is 15.3. The lowest BCUT2D eigenvalue weighted by atomic mass is 9.95. The van der Waals surface area contributed by atoms with Gasteiger partial charge < -0.3 is 10.4 Å². The van der Waals surface area contributed by atoms with E-state index in [1.807, 2.05) is 25.5 Å². The Bertz CT molecular complexity index is 427. The van der Waals surface area contributed by atoms with Gasteiger partial charge in [0.2, 0.25) is 0 Å². The van der Waals surface area contributed by atoms with Crippen LogP contribution >= 0.6 is 11.6 Å². The van der Waals surface area contributed by atoms with Crippen molar-refractivity contribution >= 4 is 11.6 Å². The Morgan fingerprint density at radius 3 is 2.55 bits per heavy atom. The molecule has 0 aliphatic heterocycles. The zero-order valence-corrected chi connectivity index (χ0v) is 14.1. The number of aryl methyl sites for hydroxylation is 2. The minimum Gasteiger partial charge on any atom is -0.390 e. The second-order valence-corrected chi connectivity index (χ2v) is 6.29. The Morgan fingerprint density at radius 1 is 1.40 bits per heavy atom. The summed E-state index contributed by atoms with van der Waals surface area (Å²) in [4.78, 5) is 0. The highest BCUT2D eigenvalue weighted by Crippen LogP contribution is 2.26. The minimum absolute atomic E-state index is 0.433. The van der Waals surface area contributed by atoms with Crippen LogP contribution in [0, 0.1) is 0 Å². The van der Waals surface area contributed by atoms with Crippen molar-refractivity contribution in [2.24, 2.45) is 0 Å². The van der Waals surface area contributed by atoms with E-state index < -0.39 is 5.60 Å². The van der Waals surface area contributed by atoms with Gasteiger partial charge in [-0.1, -0.05) is 32.4 Å². The van der Waals surface area contributed by atoms with Gasteiger partial charge in [0.05, 0.1) is 22.0 Å². The van der Waals surface area contributed by atoms with E-state index in [4.69, 9.17) is 11.6 Å². The molecule has 1 rings (SSSR count). The van der Waals surface area contributed by atoms with Crippen LogP contribution in [-0.4, -0.2) is 33.1 Å². The lowest BCUT2D eigenvalue weighted by Crippen LogP contribution is -2.35. The van der Waals surface area contributed by atoms with Crippen molar-refractivity contribution in [3.63, 3.8) is 0 Å². The van der Waals surface area contributed by atoms with Gasteiger partial charge in [-0.2, -0.15) is 5.10 Å². The second kappa shape index (κ2) is 7.43. The first-order valence-electron chi connectivity index (χ1n) is 7.50. The maximum absolute atomic E-state index is 10.6. The predicted molar refractivity (Wildman–Crippen MR) is 84.4 cm³/mol. The Kier molecular flexibility index (Phi) is 6.49. The maximum atomic E-state index is 10.6. The van der Waals surface area contributed by atoms with Gasteiger partial charge in [0.25, 0.3) is 0 Å². The van der Waals surface area contributed by atoms with Crippen LogP contribution in [0.4, 0.5) is 0 Å². The molecule has 4 nitrogen and oxygen atoms in total. The fraction of sp³-hybridized carbons (Fsp3) is 0.800. The highest BCUT2D eigenvalue weighted by molar-refractivity contribution is 6.31. The minimum atomic E-state index is -0.774. The van der Waals surface area contributed by atoms with Crippen LogP contribution in [0.5, 0.6) is 0 Å². The number of nitrogens with zero attached hydrogens (tertiary/aromatic N) is 2. The molecular weight excluding hydrogens is 274 g/mol. The van der Waals surface area contributed by atoms with Crippen LogP contribution in [0.1, 0.15) is 52.4 Å². The SMILES string of the molecule is CCc1nn(CC)c(CC(C)(O)CCNC(C)C)c1Cl. The number of hydrogen-bond donors (Lipinski definition) is 2. The van der Waals surface area contributed by atoms with E-state index in [-0.39, 0.29) is 0 Å². The van der Waals surface area contributed by atoms with Gasteiger partial charge in [0, 0.05) is 19.0 Å². The van der Waals surface area contributed by atoms with Crippen LogP contribution in [0.25, 0.3) is 0 Å². The first-order chi connectivity index (χ1) is 9.30. The van der Waals surface area contributed by atoms with E-state index in [0.717, 1.165) is 30.9 Å². The van der Waals surface area contributed by atoms with Crippen molar-refractivity contribution in [1.82, 2.24) is 15.1 Å². The van der Waals surface area contributed by atoms with Gasteiger partial charge >= 0.3 is 0 Å². The number of hydrogen-bond acceptors (Lipinski definition) is 3. The van der Waals surface area contributed by atoms with E-state index in [9.17, 15) is 5.11 Å². The lowest BCUT2D eigenvalue weighted by molar-refractivity contribution is 0.0490. The predicted octanol–water partition coefficient (Wildman–Crippen LogP) is 2.80. The Hall–Kier alpha value is -0.580. The molecule has 0 bridgehead atoms. The molecule has 1 unspecified atom stereocenters. The fourth-order valence-electron chi connectivity index (χ4n) is 2.27. The number of rotatable bonds is 8. The van der Waals surface area contributed by atoms with Gasteiger partial charge in [-0.25, -0.2) is 0 Å². The molecule has 1 aromatic heterocycles. The zero-order valence-electron chi connectivity index (χ0n) is 13.3. The summed E-state index contributed by atoms with van der Waals surface area (Å²) >= 11 is 6.39. The first kappa shape index (κ1) is 17.5. The molecule has 1 atom stereocenters. The van der Waals surface area contributed by atoms with Crippen molar-refractivity contribution in [2.45, 2.75) is 72.1 Å². The molecule has 5 heteroatoms. The highest BCUT2D eigenvalue weighted by atomic mass is 35.5. The standard InChI is InChI=1S/C15H28ClN3O/c1-6-12-14(16)13(19(7-2)18-12)10-15(5,20)8-9-17-11(3)4/h11,17,20H,6-10H2,1-5H3. The van der Waals surface area contributed by atoms with Crippen molar-refractivity contribution in [3.8, 4) is 0 Å². The molecule has 20 heavy (non-hydrogen) atoms. The summed E-state index contributed by atoms with van der Waals surface area (Å²) in [5.41, 5.74) is 1.09. The van der Waals surface area contributed by atoms with Crippen LogP contribution in [0.2, 0.25) is 5.02 Å². The van der Waals surface area contributed by atoms with Gasteiger partial charge in [-0.05, 0) is 33.2 Å². The van der Waals surface area contributed by atoms with E-state index in [2.05, 4.69) is 24.3 Å². The number of nitrogens with one attached hydrogen (secondary N) is 1. The molecule has 0 saturated heterocycles. The molecule has 2 N–H and O–H groups in total. The summed E-state index contributed by atoms with van der Waals surface area (Å²) in [6.45, 7) is 11.7. The molecule has 0 radical (unpaired) electrons. The van der Waals surface area contributed by atoms with Crippen molar-refractivity contribution < 1.29 is 5.11 Å². The smallest absolute Gasteiger partial charge is 0.0850 e.